The molecular weight excluding hydrogens is 234 g/mol. The van der Waals surface area contributed by atoms with Gasteiger partial charge in [0.1, 0.15) is 5.75 Å². The van der Waals surface area contributed by atoms with Crippen molar-refractivity contribution in [1.82, 2.24) is 0 Å². The molecular formula is C13H21NO2S. The topological polar surface area (TPSA) is 52.3 Å². The molecule has 0 bridgehead atoms. The van der Waals surface area contributed by atoms with Crippen molar-refractivity contribution in [3.63, 3.8) is 0 Å². The Bertz CT molecular complexity index is 404. The Hall–Kier alpha value is -1.03. The largest absolute Gasteiger partial charge is 0.496 e. The van der Waals surface area contributed by atoms with Crippen LogP contribution in [0.5, 0.6) is 5.75 Å². The molecule has 3 nitrogen and oxygen atoms in total. The fourth-order valence-electron chi connectivity index (χ4n) is 1.47. The van der Waals surface area contributed by atoms with Crippen molar-refractivity contribution in [1.29, 1.82) is 0 Å². The average molecular weight is 255 g/mol. The third-order valence-electron chi connectivity index (χ3n) is 2.96. The van der Waals surface area contributed by atoms with E-state index in [0.717, 1.165) is 5.56 Å². The first-order valence-electron chi connectivity index (χ1n) is 5.75. The molecule has 2 unspecified atom stereocenters. The van der Waals surface area contributed by atoms with Crippen molar-refractivity contribution in [2.24, 2.45) is 5.92 Å². The SMILES string of the molecule is COc1cc(N)ccc1CS(=O)C(C)C(C)C. The fourth-order valence-corrected chi connectivity index (χ4v) is 2.88. The lowest BCUT2D eigenvalue weighted by Crippen LogP contribution is -2.19. The first-order valence-corrected chi connectivity index (χ1v) is 7.13. The number of benzene rings is 1. The molecule has 0 saturated carbocycles. The highest BCUT2D eigenvalue weighted by Gasteiger charge is 2.17. The van der Waals surface area contributed by atoms with Crippen LogP contribution in [-0.4, -0.2) is 16.6 Å². The Morgan fingerprint density at radius 3 is 2.53 bits per heavy atom. The molecule has 0 aliphatic rings. The van der Waals surface area contributed by atoms with Crippen molar-refractivity contribution in [3.05, 3.63) is 23.8 Å². The lowest BCUT2D eigenvalue weighted by Gasteiger charge is -2.16. The molecule has 1 aromatic carbocycles. The van der Waals surface area contributed by atoms with Gasteiger partial charge in [-0.05, 0) is 12.0 Å². The summed E-state index contributed by atoms with van der Waals surface area (Å²) in [5.74, 6) is 1.65. The molecule has 0 radical (unpaired) electrons. The minimum atomic E-state index is -0.885. The molecule has 0 fully saturated rings. The molecule has 96 valence electrons. The summed E-state index contributed by atoms with van der Waals surface area (Å²) in [6.45, 7) is 6.19. The van der Waals surface area contributed by atoms with Gasteiger partial charge in [-0.2, -0.15) is 0 Å². The Labute approximate surface area is 106 Å². The van der Waals surface area contributed by atoms with Crippen LogP contribution in [0.1, 0.15) is 26.3 Å². The van der Waals surface area contributed by atoms with E-state index in [4.69, 9.17) is 10.5 Å². The zero-order valence-corrected chi connectivity index (χ0v) is 11.7. The standard InChI is InChI=1S/C13H21NO2S/c1-9(2)10(3)17(15)8-11-5-6-12(14)7-13(11)16-4/h5-7,9-10H,8,14H2,1-4H3. The van der Waals surface area contributed by atoms with Gasteiger partial charge >= 0.3 is 0 Å². The van der Waals surface area contributed by atoms with Crippen molar-refractivity contribution < 1.29 is 8.95 Å². The summed E-state index contributed by atoms with van der Waals surface area (Å²) in [5, 5.41) is 0.178. The maximum Gasteiger partial charge on any atom is 0.125 e. The van der Waals surface area contributed by atoms with Crippen molar-refractivity contribution in [2.45, 2.75) is 31.8 Å². The van der Waals surface area contributed by atoms with E-state index in [1.54, 1.807) is 13.2 Å². The Morgan fingerprint density at radius 2 is 2.00 bits per heavy atom. The predicted molar refractivity (Wildman–Crippen MR) is 73.6 cm³/mol. The van der Waals surface area contributed by atoms with Gasteiger partial charge in [0.15, 0.2) is 0 Å². The van der Waals surface area contributed by atoms with E-state index in [1.807, 2.05) is 19.1 Å². The maximum atomic E-state index is 12.1. The van der Waals surface area contributed by atoms with Crippen LogP contribution in [-0.2, 0) is 16.6 Å². The number of anilines is 1. The van der Waals surface area contributed by atoms with Gasteiger partial charge in [0, 0.05) is 33.4 Å². The number of rotatable bonds is 5. The summed E-state index contributed by atoms with van der Waals surface area (Å²) in [5.41, 5.74) is 7.30. The summed E-state index contributed by atoms with van der Waals surface area (Å²) < 4.78 is 17.4. The monoisotopic (exact) mass is 255 g/mol. The van der Waals surface area contributed by atoms with Crippen molar-refractivity contribution in [2.75, 3.05) is 12.8 Å². The molecule has 2 N–H and O–H groups in total. The molecule has 0 heterocycles. The van der Waals surface area contributed by atoms with Gasteiger partial charge in [0.2, 0.25) is 0 Å². The smallest absolute Gasteiger partial charge is 0.125 e. The van der Waals surface area contributed by atoms with Crippen LogP contribution in [0.25, 0.3) is 0 Å². The zero-order valence-electron chi connectivity index (χ0n) is 10.9. The van der Waals surface area contributed by atoms with Crippen LogP contribution in [0.3, 0.4) is 0 Å². The number of methoxy groups -OCH3 is 1. The highest BCUT2D eigenvalue weighted by Crippen LogP contribution is 2.24. The Balaban J connectivity index is 2.84. The summed E-state index contributed by atoms with van der Waals surface area (Å²) in [7, 11) is 0.719. The van der Waals surface area contributed by atoms with Crippen LogP contribution in [0, 0.1) is 5.92 Å². The first-order chi connectivity index (χ1) is 7.95. The summed E-state index contributed by atoms with van der Waals surface area (Å²) in [6.07, 6.45) is 0. The Kier molecular flexibility index (Phi) is 5.00. The normalized spacial score (nSPS) is 14.6. The van der Waals surface area contributed by atoms with Gasteiger partial charge in [-0.15, -0.1) is 0 Å². The lowest BCUT2D eigenvalue weighted by molar-refractivity contribution is 0.411. The van der Waals surface area contributed by atoms with Gasteiger partial charge in [0.05, 0.1) is 12.9 Å². The minimum Gasteiger partial charge on any atom is -0.496 e. The highest BCUT2D eigenvalue weighted by atomic mass is 32.2. The quantitative estimate of drug-likeness (QED) is 0.823. The van der Waals surface area contributed by atoms with Crippen LogP contribution in [0.2, 0.25) is 0 Å². The van der Waals surface area contributed by atoms with Gasteiger partial charge < -0.3 is 10.5 Å². The van der Waals surface area contributed by atoms with Crippen LogP contribution >= 0.6 is 0 Å². The van der Waals surface area contributed by atoms with Crippen LogP contribution in [0.4, 0.5) is 5.69 Å². The van der Waals surface area contributed by atoms with Crippen LogP contribution < -0.4 is 10.5 Å². The molecule has 0 aliphatic heterocycles. The molecule has 2 atom stereocenters. The second-order valence-electron chi connectivity index (χ2n) is 4.55. The van der Waals surface area contributed by atoms with Gasteiger partial charge in [-0.1, -0.05) is 26.8 Å². The average Bonchev–Trinajstić information content (AvgIpc) is 2.30. The van der Waals surface area contributed by atoms with Gasteiger partial charge in [-0.3, -0.25) is 4.21 Å². The maximum absolute atomic E-state index is 12.1. The third-order valence-corrected chi connectivity index (χ3v) is 4.93. The number of hydrogen-bond acceptors (Lipinski definition) is 3. The molecule has 17 heavy (non-hydrogen) atoms. The molecule has 0 amide bonds. The lowest BCUT2D eigenvalue weighted by atomic mass is 10.2. The van der Waals surface area contributed by atoms with Gasteiger partial charge in [-0.25, -0.2) is 0 Å². The van der Waals surface area contributed by atoms with E-state index in [9.17, 15) is 4.21 Å². The van der Waals surface area contributed by atoms with Crippen molar-refractivity contribution >= 4 is 16.5 Å². The summed E-state index contributed by atoms with van der Waals surface area (Å²) in [6, 6.07) is 5.47. The van der Waals surface area contributed by atoms with E-state index >= 15 is 0 Å². The van der Waals surface area contributed by atoms with Crippen molar-refractivity contribution in [3.8, 4) is 5.75 Å². The number of hydrogen-bond donors (Lipinski definition) is 1. The van der Waals surface area contributed by atoms with E-state index in [-0.39, 0.29) is 5.25 Å². The minimum absolute atomic E-state index is 0.178. The summed E-state index contributed by atoms with van der Waals surface area (Å²) >= 11 is 0. The molecule has 4 heteroatoms. The molecule has 0 saturated heterocycles. The molecule has 0 spiro atoms. The molecule has 0 aliphatic carbocycles. The van der Waals surface area contributed by atoms with E-state index < -0.39 is 10.8 Å². The summed E-state index contributed by atoms with van der Waals surface area (Å²) in [4.78, 5) is 0. The molecule has 1 rings (SSSR count). The second-order valence-corrected chi connectivity index (χ2v) is 6.34. The van der Waals surface area contributed by atoms with E-state index in [1.165, 1.54) is 0 Å². The number of nitrogens with two attached hydrogens (primary N) is 1. The van der Waals surface area contributed by atoms with E-state index in [2.05, 4.69) is 13.8 Å². The second kappa shape index (κ2) is 6.05. The van der Waals surface area contributed by atoms with Gasteiger partial charge in [0.25, 0.3) is 0 Å². The fraction of sp³-hybridized carbons (Fsp3) is 0.538. The third kappa shape index (κ3) is 3.73. The predicted octanol–water partition coefficient (Wildman–Crippen LogP) is 2.57. The van der Waals surface area contributed by atoms with Crippen LogP contribution in [0.15, 0.2) is 18.2 Å². The number of ether oxygens (including phenoxy) is 1. The van der Waals surface area contributed by atoms with E-state index in [0.29, 0.717) is 23.1 Å². The first kappa shape index (κ1) is 14.0. The molecule has 0 aromatic heterocycles. The highest BCUT2D eigenvalue weighted by molar-refractivity contribution is 7.84. The number of nitrogen functional groups attached to an aromatic ring is 1. The zero-order chi connectivity index (χ0) is 13.0. The Morgan fingerprint density at radius 1 is 1.35 bits per heavy atom. The molecule has 1 aromatic rings.